The van der Waals surface area contributed by atoms with Gasteiger partial charge in [-0.1, -0.05) is 13.8 Å². The average Bonchev–Trinajstić information content (AvgIpc) is 3.45. The fraction of sp³-hybridized carbons (Fsp3) is 0.850. The van der Waals surface area contributed by atoms with Crippen LogP contribution < -0.4 is 0 Å². The molecule has 26 heavy (non-hydrogen) atoms. The number of aliphatic hydroxyl groups is 1. The molecule has 0 amide bonds. The van der Waals surface area contributed by atoms with E-state index >= 15 is 0 Å². The van der Waals surface area contributed by atoms with Gasteiger partial charge in [-0.05, 0) is 43.6 Å². The van der Waals surface area contributed by atoms with Crippen LogP contribution in [0.5, 0.6) is 0 Å². The SMILES string of the molecule is CC(C)[C@]12O[C@H]1[C@@H]1O[C@@]13[C@H]1CCC4=C(COC4=O)[C@@H]1C[C@@H]1O[C@@]13[C@@]2(C)O. The molecule has 0 aromatic rings. The van der Waals surface area contributed by atoms with Crippen LogP contribution in [0, 0.1) is 17.8 Å². The monoisotopic (exact) mass is 360 g/mol. The van der Waals surface area contributed by atoms with Crippen LogP contribution >= 0.6 is 0 Å². The largest absolute Gasteiger partial charge is 0.458 e. The van der Waals surface area contributed by atoms with E-state index in [4.69, 9.17) is 18.9 Å². The smallest absolute Gasteiger partial charge is 0.334 e. The summed E-state index contributed by atoms with van der Waals surface area (Å²) < 4.78 is 24.4. The Hall–Kier alpha value is -0.950. The molecule has 4 heterocycles. The fourth-order valence-electron chi connectivity index (χ4n) is 7.90. The van der Waals surface area contributed by atoms with Gasteiger partial charge < -0.3 is 24.1 Å². The van der Waals surface area contributed by atoms with Crippen molar-refractivity contribution in [2.45, 2.75) is 80.7 Å². The van der Waals surface area contributed by atoms with E-state index in [0.29, 0.717) is 6.61 Å². The van der Waals surface area contributed by atoms with E-state index in [1.165, 1.54) is 0 Å². The van der Waals surface area contributed by atoms with Crippen LogP contribution in [-0.2, 0) is 23.7 Å². The predicted molar refractivity (Wildman–Crippen MR) is 87.1 cm³/mol. The van der Waals surface area contributed by atoms with Crippen molar-refractivity contribution in [2.24, 2.45) is 17.8 Å². The van der Waals surface area contributed by atoms with Gasteiger partial charge in [-0.15, -0.1) is 0 Å². The summed E-state index contributed by atoms with van der Waals surface area (Å²) in [5.74, 6) is 0.582. The highest BCUT2D eigenvalue weighted by molar-refractivity contribution is 5.92. The van der Waals surface area contributed by atoms with Gasteiger partial charge in [0.15, 0.2) is 5.60 Å². The summed E-state index contributed by atoms with van der Waals surface area (Å²) in [5.41, 5.74) is -0.716. The lowest BCUT2D eigenvalue weighted by molar-refractivity contribution is -0.139. The van der Waals surface area contributed by atoms with E-state index < -0.39 is 22.4 Å². The fourth-order valence-corrected chi connectivity index (χ4v) is 7.90. The first kappa shape index (κ1) is 15.0. The Balaban J connectivity index is 1.37. The van der Waals surface area contributed by atoms with Gasteiger partial charge in [0.1, 0.15) is 35.6 Å². The van der Waals surface area contributed by atoms with E-state index in [9.17, 15) is 9.90 Å². The molecule has 0 aromatic heterocycles. The molecule has 9 atom stereocenters. The Kier molecular flexibility index (Phi) is 2.19. The summed E-state index contributed by atoms with van der Waals surface area (Å²) >= 11 is 0. The number of hydrogen-bond donors (Lipinski definition) is 1. The third kappa shape index (κ3) is 1.14. The van der Waals surface area contributed by atoms with Crippen molar-refractivity contribution in [1.82, 2.24) is 0 Å². The maximum atomic E-state index is 12.0. The molecule has 3 aliphatic carbocycles. The molecule has 2 spiro atoms. The second kappa shape index (κ2) is 3.79. The molecule has 7 aliphatic rings. The molecule has 0 radical (unpaired) electrons. The van der Waals surface area contributed by atoms with Crippen LogP contribution in [0.1, 0.15) is 40.0 Å². The maximum absolute atomic E-state index is 12.0. The number of hydrogen-bond acceptors (Lipinski definition) is 6. The third-order valence-electron chi connectivity index (χ3n) is 8.95. The Morgan fingerprint density at radius 3 is 2.77 bits per heavy atom. The number of fused-ring (bicyclic) bond motifs is 4. The number of carbonyl (C=O) groups is 1. The van der Waals surface area contributed by atoms with Crippen LogP contribution in [0.15, 0.2) is 11.1 Å². The number of rotatable bonds is 1. The van der Waals surface area contributed by atoms with E-state index in [2.05, 4.69) is 13.8 Å². The lowest BCUT2D eigenvalue weighted by atomic mass is 9.50. The van der Waals surface area contributed by atoms with Gasteiger partial charge in [0, 0.05) is 11.5 Å². The standard InChI is InChI=1S/C20H24O6/c1-8(2)18-14(25-18)15-19(26-15)12-5-4-9-11(7-23-16(9)21)10(12)6-13-20(19,24-13)17(18,3)22/h8,10,12-15,22H,4-7H2,1-3H3/t10-,12-,13-,14-,15-,17-,18-,19-,20+/m0/s1. The Bertz CT molecular complexity index is 815. The second-order valence-corrected chi connectivity index (χ2v) is 9.80. The molecule has 4 aliphatic heterocycles. The second-order valence-electron chi connectivity index (χ2n) is 9.80. The van der Waals surface area contributed by atoms with Gasteiger partial charge in [-0.25, -0.2) is 4.79 Å². The third-order valence-corrected chi connectivity index (χ3v) is 8.95. The molecular weight excluding hydrogens is 336 g/mol. The van der Waals surface area contributed by atoms with Gasteiger partial charge in [0.2, 0.25) is 0 Å². The molecule has 0 unspecified atom stereocenters. The summed E-state index contributed by atoms with van der Waals surface area (Å²) in [6.07, 6.45) is 2.40. The van der Waals surface area contributed by atoms with Gasteiger partial charge >= 0.3 is 5.97 Å². The van der Waals surface area contributed by atoms with Crippen molar-refractivity contribution < 1.29 is 28.8 Å². The Morgan fingerprint density at radius 1 is 1.19 bits per heavy atom. The quantitative estimate of drug-likeness (QED) is 0.557. The minimum atomic E-state index is -1.07. The highest BCUT2D eigenvalue weighted by Crippen LogP contribution is 2.82. The van der Waals surface area contributed by atoms with E-state index in [-0.39, 0.29) is 42.0 Å². The number of ether oxygens (including phenoxy) is 4. The first-order valence-corrected chi connectivity index (χ1v) is 9.98. The number of esters is 1. The van der Waals surface area contributed by atoms with E-state index in [1.54, 1.807) is 0 Å². The number of epoxide rings is 3. The van der Waals surface area contributed by atoms with Gasteiger partial charge in [-0.2, -0.15) is 0 Å². The summed E-state index contributed by atoms with van der Waals surface area (Å²) in [7, 11) is 0. The lowest BCUT2D eigenvalue weighted by Gasteiger charge is -2.50. The maximum Gasteiger partial charge on any atom is 0.334 e. The first-order chi connectivity index (χ1) is 12.3. The van der Waals surface area contributed by atoms with Crippen molar-refractivity contribution in [3.8, 4) is 0 Å². The summed E-state index contributed by atoms with van der Waals surface area (Å²) in [4.78, 5) is 12.0. The molecule has 1 N–H and O–H groups in total. The van der Waals surface area contributed by atoms with Gasteiger partial charge in [0.25, 0.3) is 0 Å². The van der Waals surface area contributed by atoms with Crippen molar-refractivity contribution >= 4 is 5.97 Å². The number of cyclic esters (lactones) is 1. The van der Waals surface area contributed by atoms with Gasteiger partial charge in [0.05, 0.1) is 6.10 Å². The molecule has 2 saturated carbocycles. The van der Waals surface area contributed by atoms with Gasteiger partial charge in [-0.3, -0.25) is 0 Å². The summed E-state index contributed by atoms with van der Waals surface area (Å²) in [5, 5.41) is 11.8. The Labute approximate surface area is 151 Å². The highest BCUT2D eigenvalue weighted by Gasteiger charge is 3.01. The Morgan fingerprint density at radius 2 is 2.00 bits per heavy atom. The lowest BCUT2D eigenvalue weighted by Crippen LogP contribution is -2.72. The zero-order valence-corrected chi connectivity index (χ0v) is 15.3. The molecule has 140 valence electrons. The number of carbonyl (C=O) groups excluding carboxylic acids is 1. The topological polar surface area (TPSA) is 84.1 Å². The first-order valence-electron chi connectivity index (χ1n) is 9.98. The van der Waals surface area contributed by atoms with Crippen LogP contribution in [0.3, 0.4) is 0 Å². The zero-order chi connectivity index (χ0) is 17.9. The summed E-state index contributed by atoms with van der Waals surface area (Å²) in [6.45, 7) is 6.55. The molecule has 6 heteroatoms. The normalized spacial score (nSPS) is 63.1. The molecule has 3 saturated heterocycles. The average molecular weight is 360 g/mol. The summed E-state index contributed by atoms with van der Waals surface area (Å²) in [6, 6.07) is 0. The zero-order valence-electron chi connectivity index (χ0n) is 15.3. The van der Waals surface area contributed by atoms with Crippen molar-refractivity contribution in [3.05, 3.63) is 11.1 Å². The molecular formula is C20H24O6. The molecule has 0 bridgehead atoms. The molecule has 6 nitrogen and oxygen atoms in total. The molecule has 7 rings (SSSR count). The van der Waals surface area contributed by atoms with E-state index in [1.807, 2.05) is 6.92 Å². The van der Waals surface area contributed by atoms with Crippen LogP contribution in [0.25, 0.3) is 0 Å². The van der Waals surface area contributed by atoms with Crippen LogP contribution in [0.4, 0.5) is 0 Å². The van der Waals surface area contributed by atoms with Crippen molar-refractivity contribution in [1.29, 1.82) is 0 Å². The van der Waals surface area contributed by atoms with Crippen LogP contribution in [-0.4, -0.2) is 58.4 Å². The minimum absolute atomic E-state index is 0.00287. The predicted octanol–water partition coefficient (Wildman–Crippen LogP) is 1.10. The van der Waals surface area contributed by atoms with Crippen molar-refractivity contribution in [2.75, 3.05) is 6.61 Å². The molecule has 0 aromatic carbocycles. The highest BCUT2D eigenvalue weighted by atomic mass is 16.7. The van der Waals surface area contributed by atoms with E-state index in [0.717, 1.165) is 30.4 Å². The molecule has 5 fully saturated rings. The van der Waals surface area contributed by atoms with Crippen molar-refractivity contribution in [3.63, 3.8) is 0 Å². The van der Waals surface area contributed by atoms with Crippen LogP contribution in [0.2, 0.25) is 0 Å². The minimum Gasteiger partial charge on any atom is -0.458 e.